The minimum atomic E-state index is -0.176. The fourth-order valence-corrected chi connectivity index (χ4v) is 3.42. The van der Waals surface area contributed by atoms with Crippen molar-refractivity contribution in [2.45, 2.75) is 39.3 Å². The molecule has 1 aromatic heterocycles. The quantitative estimate of drug-likeness (QED) is 0.897. The van der Waals surface area contributed by atoms with Gasteiger partial charge in [-0.3, -0.25) is 14.2 Å². The molecule has 25 heavy (non-hydrogen) atoms. The molecular formula is C19H26N4O2. The van der Waals surface area contributed by atoms with Gasteiger partial charge in [0, 0.05) is 19.1 Å². The second-order valence-electron chi connectivity index (χ2n) is 7.10. The van der Waals surface area contributed by atoms with Crippen LogP contribution in [0.1, 0.15) is 26.7 Å². The highest BCUT2D eigenvalue weighted by atomic mass is 16.2. The van der Waals surface area contributed by atoms with Crippen molar-refractivity contribution in [3.8, 4) is 0 Å². The first-order valence-corrected chi connectivity index (χ1v) is 8.99. The zero-order chi connectivity index (χ0) is 17.8. The van der Waals surface area contributed by atoms with Gasteiger partial charge in [-0.15, -0.1) is 0 Å². The van der Waals surface area contributed by atoms with Crippen LogP contribution in [0.25, 0.3) is 10.9 Å². The fraction of sp³-hybridized carbons (Fsp3) is 0.526. The first-order valence-electron chi connectivity index (χ1n) is 8.99. The number of hydrogen-bond acceptors (Lipinski definition) is 4. The zero-order valence-corrected chi connectivity index (χ0v) is 14.9. The summed E-state index contributed by atoms with van der Waals surface area (Å²) in [5.41, 5.74) is 0.476. The van der Waals surface area contributed by atoms with E-state index in [1.54, 1.807) is 18.2 Å². The van der Waals surface area contributed by atoms with Crippen LogP contribution >= 0.6 is 0 Å². The van der Waals surface area contributed by atoms with Crippen LogP contribution < -0.4 is 10.9 Å². The molecule has 3 rings (SSSR count). The first-order chi connectivity index (χ1) is 12.0. The van der Waals surface area contributed by atoms with Gasteiger partial charge in [0.25, 0.3) is 5.56 Å². The summed E-state index contributed by atoms with van der Waals surface area (Å²) < 4.78 is 1.37. The van der Waals surface area contributed by atoms with Gasteiger partial charge in [0.15, 0.2) is 0 Å². The van der Waals surface area contributed by atoms with Crippen LogP contribution in [0.15, 0.2) is 35.4 Å². The topological polar surface area (TPSA) is 67.2 Å². The van der Waals surface area contributed by atoms with Gasteiger partial charge in [-0.05, 0) is 51.3 Å². The van der Waals surface area contributed by atoms with Crippen molar-refractivity contribution < 1.29 is 4.79 Å². The molecule has 2 heterocycles. The Labute approximate surface area is 147 Å². The minimum Gasteiger partial charge on any atom is -0.354 e. The van der Waals surface area contributed by atoms with Crippen LogP contribution in [-0.4, -0.2) is 46.0 Å². The highest BCUT2D eigenvalue weighted by molar-refractivity contribution is 5.78. The number of nitrogens with zero attached hydrogens (tertiary/aromatic N) is 3. The van der Waals surface area contributed by atoms with E-state index in [1.165, 1.54) is 17.3 Å². The lowest BCUT2D eigenvalue weighted by Crippen LogP contribution is -2.44. The van der Waals surface area contributed by atoms with Gasteiger partial charge in [0.05, 0.1) is 17.2 Å². The summed E-state index contributed by atoms with van der Waals surface area (Å²) in [6.07, 6.45) is 3.76. The van der Waals surface area contributed by atoms with E-state index in [-0.39, 0.29) is 18.0 Å². The maximum absolute atomic E-state index is 12.4. The van der Waals surface area contributed by atoms with Gasteiger partial charge in [-0.2, -0.15) is 0 Å². The van der Waals surface area contributed by atoms with Crippen LogP contribution in [0, 0.1) is 5.92 Å². The molecule has 0 bridgehead atoms. The summed E-state index contributed by atoms with van der Waals surface area (Å²) in [6, 6.07) is 7.73. The van der Waals surface area contributed by atoms with E-state index in [1.807, 2.05) is 6.07 Å². The molecule has 0 radical (unpaired) electrons. The van der Waals surface area contributed by atoms with Crippen molar-refractivity contribution in [1.82, 2.24) is 19.8 Å². The fourth-order valence-electron chi connectivity index (χ4n) is 3.42. The van der Waals surface area contributed by atoms with E-state index >= 15 is 0 Å². The second kappa shape index (κ2) is 7.78. The number of aromatic nitrogens is 2. The third-order valence-electron chi connectivity index (χ3n) is 4.91. The number of fused-ring (bicyclic) bond motifs is 1. The Kier molecular flexibility index (Phi) is 5.48. The Morgan fingerprint density at radius 2 is 2.16 bits per heavy atom. The molecule has 1 fully saturated rings. The number of piperidine rings is 1. The van der Waals surface area contributed by atoms with E-state index in [0.29, 0.717) is 29.4 Å². The summed E-state index contributed by atoms with van der Waals surface area (Å²) in [7, 11) is 0. The maximum Gasteiger partial charge on any atom is 0.261 e. The molecule has 1 aliphatic heterocycles. The number of para-hydroxylation sites is 1. The van der Waals surface area contributed by atoms with Crippen LogP contribution in [-0.2, 0) is 11.3 Å². The minimum absolute atomic E-state index is 0.0112. The molecule has 2 aromatic rings. The third kappa shape index (κ3) is 4.25. The van der Waals surface area contributed by atoms with Gasteiger partial charge >= 0.3 is 0 Å². The number of nitrogens with one attached hydrogen (secondary N) is 1. The number of benzene rings is 1. The monoisotopic (exact) mass is 342 g/mol. The van der Waals surface area contributed by atoms with E-state index in [9.17, 15) is 9.59 Å². The zero-order valence-electron chi connectivity index (χ0n) is 14.9. The summed E-state index contributed by atoms with van der Waals surface area (Å²) in [4.78, 5) is 31.4. The molecule has 134 valence electrons. The lowest BCUT2D eigenvalue weighted by molar-refractivity contribution is -0.122. The molecule has 1 saturated heterocycles. The molecule has 0 unspecified atom stereocenters. The van der Waals surface area contributed by atoms with E-state index in [2.05, 4.69) is 29.0 Å². The summed E-state index contributed by atoms with van der Waals surface area (Å²) in [5, 5.41) is 3.52. The van der Waals surface area contributed by atoms with Gasteiger partial charge < -0.3 is 10.2 Å². The average molecular weight is 342 g/mol. The first kappa shape index (κ1) is 17.6. The van der Waals surface area contributed by atoms with E-state index < -0.39 is 0 Å². The number of rotatable bonds is 5. The number of amides is 1. The van der Waals surface area contributed by atoms with Gasteiger partial charge in [-0.25, -0.2) is 4.98 Å². The van der Waals surface area contributed by atoms with E-state index in [0.717, 1.165) is 19.5 Å². The van der Waals surface area contributed by atoms with Crippen LogP contribution in [0.5, 0.6) is 0 Å². The number of hydrogen-bond donors (Lipinski definition) is 1. The molecule has 1 amide bonds. The van der Waals surface area contributed by atoms with E-state index in [4.69, 9.17) is 0 Å². The summed E-state index contributed by atoms with van der Waals surface area (Å²) in [6.45, 7) is 7.25. The SMILES string of the molecule is CC(C)N1CCC[C@H](CNC(=O)Cn2cnc3ccccc3c2=O)C1. The van der Waals surface area contributed by atoms with Gasteiger partial charge in [0.2, 0.25) is 5.91 Å². The Morgan fingerprint density at radius 1 is 1.36 bits per heavy atom. The van der Waals surface area contributed by atoms with Gasteiger partial charge in [-0.1, -0.05) is 12.1 Å². The molecule has 1 N–H and O–H groups in total. The maximum atomic E-state index is 12.4. The molecule has 0 aliphatic carbocycles. The van der Waals surface area contributed by atoms with Crippen molar-refractivity contribution in [2.24, 2.45) is 5.92 Å². The van der Waals surface area contributed by atoms with Crippen molar-refractivity contribution in [1.29, 1.82) is 0 Å². The third-order valence-corrected chi connectivity index (χ3v) is 4.91. The van der Waals surface area contributed by atoms with Crippen molar-refractivity contribution in [2.75, 3.05) is 19.6 Å². The second-order valence-corrected chi connectivity index (χ2v) is 7.10. The van der Waals surface area contributed by atoms with Crippen LogP contribution in [0.2, 0.25) is 0 Å². The predicted molar refractivity (Wildman–Crippen MR) is 98.4 cm³/mol. The van der Waals surface area contributed by atoms with Crippen molar-refractivity contribution in [3.05, 3.63) is 40.9 Å². The van der Waals surface area contributed by atoms with Crippen molar-refractivity contribution >= 4 is 16.8 Å². The molecule has 0 saturated carbocycles. The standard InChI is InChI=1S/C19H26N4O2/c1-14(2)22-9-5-6-15(11-22)10-20-18(24)12-23-13-21-17-8-4-3-7-16(17)19(23)25/h3-4,7-8,13-15H,5-6,9-12H2,1-2H3,(H,20,24)/t15-/m1/s1. The molecule has 0 spiro atoms. The smallest absolute Gasteiger partial charge is 0.261 e. The van der Waals surface area contributed by atoms with Crippen LogP contribution in [0.3, 0.4) is 0 Å². The molecule has 1 aromatic carbocycles. The molecule has 1 aliphatic rings. The Bertz CT molecular complexity index is 799. The normalized spacial score (nSPS) is 18.6. The Balaban J connectivity index is 1.58. The summed E-state index contributed by atoms with van der Waals surface area (Å²) >= 11 is 0. The highest BCUT2D eigenvalue weighted by Gasteiger charge is 2.22. The van der Waals surface area contributed by atoms with Crippen molar-refractivity contribution in [3.63, 3.8) is 0 Å². The molecule has 6 heteroatoms. The molecule has 6 nitrogen and oxygen atoms in total. The number of carbonyl (C=O) groups excluding carboxylic acids is 1. The average Bonchev–Trinajstić information content (AvgIpc) is 2.63. The predicted octanol–water partition coefficient (Wildman–Crippen LogP) is 1.63. The Hall–Kier alpha value is -2.21. The highest BCUT2D eigenvalue weighted by Crippen LogP contribution is 2.17. The molecule has 1 atom stereocenters. The summed E-state index contributed by atoms with van der Waals surface area (Å²) in [5.74, 6) is 0.340. The Morgan fingerprint density at radius 3 is 2.96 bits per heavy atom. The van der Waals surface area contributed by atoms with Gasteiger partial charge in [0.1, 0.15) is 6.54 Å². The van der Waals surface area contributed by atoms with Crippen LogP contribution in [0.4, 0.5) is 0 Å². The molecular weight excluding hydrogens is 316 g/mol. The largest absolute Gasteiger partial charge is 0.354 e. The number of likely N-dealkylation sites (tertiary alicyclic amines) is 1. The lowest BCUT2D eigenvalue weighted by Gasteiger charge is -2.35. The lowest BCUT2D eigenvalue weighted by atomic mass is 9.97. The number of carbonyl (C=O) groups is 1.